The van der Waals surface area contributed by atoms with Crippen LogP contribution in [0.5, 0.6) is 0 Å². The van der Waals surface area contributed by atoms with Crippen LogP contribution in [0, 0.1) is 0 Å². The molecule has 1 aliphatic heterocycles. The third-order valence-electron chi connectivity index (χ3n) is 3.71. The molecule has 0 saturated carbocycles. The number of hydrogen-bond acceptors (Lipinski definition) is 6. The van der Waals surface area contributed by atoms with E-state index in [2.05, 4.69) is 28.9 Å². The fraction of sp³-hybridized carbons (Fsp3) is 0.857. The van der Waals surface area contributed by atoms with Crippen molar-refractivity contribution in [3.05, 3.63) is 11.7 Å². The molecule has 1 aromatic heterocycles. The Bertz CT molecular complexity index is 411. The summed E-state index contributed by atoms with van der Waals surface area (Å²) in [6.07, 6.45) is 2.90. The van der Waals surface area contributed by atoms with E-state index in [1.807, 2.05) is 18.7 Å². The molecule has 0 bridgehead atoms. The fourth-order valence-corrected chi connectivity index (χ4v) is 3.50. The second-order valence-electron chi connectivity index (χ2n) is 5.50. The largest absolute Gasteiger partial charge is 0.393 e. The van der Waals surface area contributed by atoms with Crippen molar-refractivity contribution in [2.45, 2.75) is 64.0 Å². The molecule has 114 valence electrons. The van der Waals surface area contributed by atoms with Gasteiger partial charge in [-0.05, 0) is 45.4 Å². The van der Waals surface area contributed by atoms with Crippen LogP contribution in [0.15, 0.2) is 4.52 Å². The summed E-state index contributed by atoms with van der Waals surface area (Å²) in [6.45, 7) is 7.84. The van der Waals surface area contributed by atoms with Crippen molar-refractivity contribution in [3.8, 4) is 0 Å². The summed E-state index contributed by atoms with van der Waals surface area (Å²) in [5.41, 5.74) is 0. The first-order chi connectivity index (χ1) is 9.60. The van der Waals surface area contributed by atoms with E-state index in [4.69, 9.17) is 4.52 Å². The lowest BCUT2D eigenvalue weighted by Gasteiger charge is -2.23. The van der Waals surface area contributed by atoms with E-state index in [0.29, 0.717) is 18.5 Å². The van der Waals surface area contributed by atoms with Gasteiger partial charge in [0.1, 0.15) is 0 Å². The van der Waals surface area contributed by atoms with E-state index in [9.17, 15) is 5.11 Å². The molecule has 3 atom stereocenters. The van der Waals surface area contributed by atoms with Gasteiger partial charge in [0, 0.05) is 6.04 Å². The minimum absolute atomic E-state index is 0.250. The second-order valence-corrected chi connectivity index (χ2v) is 7.11. The molecule has 1 aromatic rings. The van der Waals surface area contributed by atoms with E-state index < -0.39 is 0 Å². The Hall–Kier alpha value is -0.590. The lowest BCUT2D eigenvalue weighted by molar-refractivity contribution is 0.124. The van der Waals surface area contributed by atoms with E-state index in [1.165, 1.54) is 6.42 Å². The lowest BCUT2D eigenvalue weighted by atomic mass is 10.1. The Kier molecular flexibility index (Phi) is 5.86. The predicted molar refractivity (Wildman–Crippen MR) is 80.6 cm³/mol. The van der Waals surface area contributed by atoms with Crippen LogP contribution in [0.3, 0.4) is 0 Å². The van der Waals surface area contributed by atoms with E-state index in [-0.39, 0.29) is 11.4 Å². The van der Waals surface area contributed by atoms with Gasteiger partial charge < -0.3 is 9.63 Å². The monoisotopic (exact) mass is 299 g/mol. The first kappa shape index (κ1) is 15.8. The minimum atomic E-state index is -0.250. The summed E-state index contributed by atoms with van der Waals surface area (Å²) in [5, 5.41) is 13.9. The number of aromatic nitrogens is 2. The van der Waals surface area contributed by atoms with Crippen LogP contribution in [0.25, 0.3) is 0 Å². The quantitative estimate of drug-likeness (QED) is 0.835. The van der Waals surface area contributed by atoms with Crippen LogP contribution in [0.2, 0.25) is 0 Å². The summed E-state index contributed by atoms with van der Waals surface area (Å²) in [7, 11) is 0. The Balaban J connectivity index is 1.92. The highest BCUT2D eigenvalue weighted by Gasteiger charge is 2.27. The maximum absolute atomic E-state index is 9.55. The first-order valence-electron chi connectivity index (χ1n) is 7.46. The zero-order chi connectivity index (χ0) is 14.5. The SMILES string of the molecule is CCSC(C)c1noc(CN2CCCC2CC(C)O)n1. The van der Waals surface area contributed by atoms with Crippen LogP contribution in [0.1, 0.15) is 57.0 Å². The van der Waals surface area contributed by atoms with Crippen LogP contribution in [0.4, 0.5) is 0 Å². The van der Waals surface area contributed by atoms with Crippen LogP contribution < -0.4 is 0 Å². The first-order valence-corrected chi connectivity index (χ1v) is 8.51. The third kappa shape index (κ3) is 4.20. The summed E-state index contributed by atoms with van der Waals surface area (Å²) < 4.78 is 5.37. The third-order valence-corrected chi connectivity index (χ3v) is 4.76. The van der Waals surface area contributed by atoms with Gasteiger partial charge in [-0.1, -0.05) is 12.1 Å². The molecule has 1 saturated heterocycles. The number of aliphatic hydroxyl groups excluding tert-OH is 1. The van der Waals surface area contributed by atoms with Crippen LogP contribution in [-0.2, 0) is 6.54 Å². The van der Waals surface area contributed by atoms with E-state index >= 15 is 0 Å². The average Bonchev–Trinajstić information content (AvgIpc) is 3.00. The zero-order valence-electron chi connectivity index (χ0n) is 12.6. The van der Waals surface area contributed by atoms with Gasteiger partial charge in [-0.3, -0.25) is 4.90 Å². The van der Waals surface area contributed by atoms with Crippen LogP contribution >= 0.6 is 11.8 Å². The average molecular weight is 299 g/mol. The van der Waals surface area contributed by atoms with Crippen molar-refractivity contribution >= 4 is 11.8 Å². The number of nitrogens with zero attached hydrogens (tertiary/aromatic N) is 3. The highest BCUT2D eigenvalue weighted by atomic mass is 32.2. The Morgan fingerprint density at radius 1 is 1.50 bits per heavy atom. The van der Waals surface area contributed by atoms with Crippen molar-refractivity contribution in [3.63, 3.8) is 0 Å². The highest BCUT2D eigenvalue weighted by molar-refractivity contribution is 7.99. The summed E-state index contributed by atoms with van der Waals surface area (Å²) in [4.78, 5) is 6.85. The topological polar surface area (TPSA) is 62.4 Å². The normalized spacial score (nSPS) is 23.1. The van der Waals surface area contributed by atoms with Gasteiger partial charge in [0.25, 0.3) is 0 Å². The summed E-state index contributed by atoms with van der Waals surface area (Å²) >= 11 is 1.82. The number of rotatable bonds is 7. The van der Waals surface area contributed by atoms with Crippen molar-refractivity contribution in [1.82, 2.24) is 15.0 Å². The number of thioether (sulfide) groups is 1. The van der Waals surface area contributed by atoms with Gasteiger partial charge in [0.05, 0.1) is 17.9 Å². The molecule has 0 amide bonds. The van der Waals surface area contributed by atoms with Gasteiger partial charge in [0.15, 0.2) is 5.82 Å². The molecule has 2 rings (SSSR count). The maximum atomic E-state index is 9.55. The van der Waals surface area contributed by atoms with E-state index in [0.717, 1.165) is 31.0 Å². The van der Waals surface area contributed by atoms with Crippen molar-refractivity contribution < 1.29 is 9.63 Å². The Labute approximate surface area is 125 Å². The van der Waals surface area contributed by atoms with Gasteiger partial charge >= 0.3 is 0 Å². The Morgan fingerprint density at radius 2 is 2.30 bits per heavy atom. The van der Waals surface area contributed by atoms with E-state index in [1.54, 1.807) is 0 Å². The molecule has 1 aliphatic rings. The summed E-state index contributed by atoms with van der Waals surface area (Å²) in [5.74, 6) is 2.53. The molecule has 1 N–H and O–H groups in total. The molecule has 0 aliphatic carbocycles. The van der Waals surface area contributed by atoms with Crippen molar-refractivity contribution in [1.29, 1.82) is 0 Å². The van der Waals surface area contributed by atoms with Crippen molar-refractivity contribution in [2.24, 2.45) is 0 Å². The van der Waals surface area contributed by atoms with Crippen molar-refractivity contribution in [2.75, 3.05) is 12.3 Å². The molecule has 2 heterocycles. The standard InChI is InChI=1S/C14H25N3O2S/c1-4-20-11(3)14-15-13(19-16-14)9-17-7-5-6-12(17)8-10(2)18/h10-12,18H,4-9H2,1-3H3. The lowest BCUT2D eigenvalue weighted by Crippen LogP contribution is -2.31. The molecular weight excluding hydrogens is 274 g/mol. The van der Waals surface area contributed by atoms with Gasteiger partial charge in [0.2, 0.25) is 5.89 Å². The molecule has 0 spiro atoms. The zero-order valence-corrected chi connectivity index (χ0v) is 13.4. The number of aliphatic hydroxyl groups is 1. The van der Waals surface area contributed by atoms with Gasteiger partial charge in [-0.2, -0.15) is 16.7 Å². The molecule has 0 aromatic carbocycles. The molecule has 3 unspecified atom stereocenters. The Morgan fingerprint density at radius 3 is 3.00 bits per heavy atom. The second kappa shape index (κ2) is 7.43. The number of likely N-dealkylation sites (tertiary alicyclic amines) is 1. The number of hydrogen-bond donors (Lipinski definition) is 1. The fourth-order valence-electron chi connectivity index (χ4n) is 2.76. The summed E-state index contributed by atoms with van der Waals surface area (Å²) in [6, 6.07) is 0.438. The molecule has 0 radical (unpaired) electrons. The molecule has 20 heavy (non-hydrogen) atoms. The van der Waals surface area contributed by atoms with Gasteiger partial charge in [-0.25, -0.2) is 0 Å². The maximum Gasteiger partial charge on any atom is 0.240 e. The molecule has 5 nitrogen and oxygen atoms in total. The molecular formula is C14H25N3O2S. The molecule has 6 heteroatoms. The van der Waals surface area contributed by atoms with Gasteiger partial charge in [-0.15, -0.1) is 0 Å². The highest BCUT2D eigenvalue weighted by Crippen LogP contribution is 2.27. The van der Waals surface area contributed by atoms with Crippen LogP contribution in [-0.4, -0.2) is 44.6 Å². The predicted octanol–water partition coefficient (Wildman–Crippen LogP) is 2.62. The smallest absolute Gasteiger partial charge is 0.240 e. The minimum Gasteiger partial charge on any atom is -0.393 e. The molecule has 1 fully saturated rings.